The second kappa shape index (κ2) is 8.06. The quantitative estimate of drug-likeness (QED) is 0.835. The van der Waals surface area contributed by atoms with E-state index in [-0.39, 0.29) is 0 Å². The van der Waals surface area contributed by atoms with Gasteiger partial charge in [-0.15, -0.1) is 0 Å². The van der Waals surface area contributed by atoms with E-state index in [0.717, 1.165) is 30.2 Å². The van der Waals surface area contributed by atoms with Gasteiger partial charge in [0.05, 0.1) is 7.11 Å². The summed E-state index contributed by atoms with van der Waals surface area (Å²) in [5.41, 5.74) is 2.54. The zero-order valence-corrected chi connectivity index (χ0v) is 13.4. The minimum Gasteiger partial charge on any atom is -0.497 e. The van der Waals surface area contributed by atoms with Gasteiger partial charge in [0.2, 0.25) is 0 Å². The van der Waals surface area contributed by atoms with Gasteiger partial charge in [0.25, 0.3) is 0 Å². The van der Waals surface area contributed by atoms with Crippen molar-refractivity contribution in [2.24, 2.45) is 5.92 Å². The van der Waals surface area contributed by atoms with E-state index in [2.05, 4.69) is 23.5 Å². The van der Waals surface area contributed by atoms with Gasteiger partial charge in [-0.1, -0.05) is 41.9 Å². The van der Waals surface area contributed by atoms with E-state index < -0.39 is 0 Å². The molecule has 112 valence electrons. The number of hydrogen-bond acceptors (Lipinski definition) is 2. The summed E-state index contributed by atoms with van der Waals surface area (Å²) in [5.74, 6) is 1.42. The Balaban J connectivity index is 2.06. The maximum absolute atomic E-state index is 6.27. The average molecular weight is 304 g/mol. The van der Waals surface area contributed by atoms with Crippen LogP contribution in [-0.2, 0) is 12.8 Å². The molecular weight excluding hydrogens is 282 g/mol. The summed E-state index contributed by atoms with van der Waals surface area (Å²) in [4.78, 5) is 0. The van der Waals surface area contributed by atoms with Crippen molar-refractivity contribution in [3.05, 3.63) is 64.7 Å². The molecule has 0 spiro atoms. The molecule has 2 aromatic rings. The molecule has 3 heteroatoms. The first-order chi connectivity index (χ1) is 10.2. The van der Waals surface area contributed by atoms with E-state index in [0.29, 0.717) is 5.92 Å². The van der Waals surface area contributed by atoms with Crippen molar-refractivity contribution in [3.63, 3.8) is 0 Å². The number of benzene rings is 2. The van der Waals surface area contributed by atoms with Crippen LogP contribution in [-0.4, -0.2) is 20.7 Å². The maximum atomic E-state index is 6.27. The van der Waals surface area contributed by atoms with Crippen molar-refractivity contribution in [1.82, 2.24) is 5.32 Å². The van der Waals surface area contributed by atoms with Gasteiger partial charge in [-0.25, -0.2) is 0 Å². The molecule has 0 bridgehead atoms. The second-order valence-corrected chi connectivity index (χ2v) is 5.68. The number of ether oxygens (including phenoxy) is 1. The van der Waals surface area contributed by atoms with Gasteiger partial charge in [-0.3, -0.25) is 0 Å². The van der Waals surface area contributed by atoms with E-state index in [4.69, 9.17) is 16.3 Å². The molecule has 21 heavy (non-hydrogen) atoms. The molecule has 0 fully saturated rings. The van der Waals surface area contributed by atoms with Crippen LogP contribution in [0.3, 0.4) is 0 Å². The Hall–Kier alpha value is -1.51. The SMILES string of the molecule is CNCC(Cc1ccc(OC)cc1)Cc1ccccc1Cl. The Kier molecular flexibility index (Phi) is 6.09. The lowest BCUT2D eigenvalue weighted by Crippen LogP contribution is -2.22. The molecule has 0 aliphatic carbocycles. The normalized spacial score (nSPS) is 12.1. The summed E-state index contributed by atoms with van der Waals surface area (Å²) in [5, 5.41) is 4.14. The molecule has 0 saturated heterocycles. The van der Waals surface area contributed by atoms with Crippen molar-refractivity contribution >= 4 is 11.6 Å². The lowest BCUT2D eigenvalue weighted by molar-refractivity contribution is 0.414. The van der Waals surface area contributed by atoms with Crippen LogP contribution in [0.25, 0.3) is 0 Å². The Morgan fingerprint density at radius 2 is 1.76 bits per heavy atom. The predicted octanol–water partition coefficient (Wildman–Crippen LogP) is 3.97. The van der Waals surface area contributed by atoms with Crippen LogP contribution < -0.4 is 10.1 Å². The van der Waals surface area contributed by atoms with E-state index in [9.17, 15) is 0 Å². The second-order valence-electron chi connectivity index (χ2n) is 5.27. The summed E-state index contributed by atoms with van der Waals surface area (Å²) >= 11 is 6.27. The predicted molar refractivity (Wildman–Crippen MR) is 89.3 cm³/mol. The number of hydrogen-bond donors (Lipinski definition) is 1. The van der Waals surface area contributed by atoms with Gasteiger partial charge in [-0.2, -0.15) is 0 Å². The summed E-state index contributed by atoms with van der Waals surface area (Å²) in [6, 6.07) is 16.4. The molecule has 0 heterocycles. The Labute approximate surface area is 132 Å². The van der Waals surface area contributed by atoms with Crippen molar-refractivity contribution < 1.29 is 4.74 Å². The van der Waals surface area contributed by atoms with E-state index in [1.807, 2.05) is 37.4 Å². The molecule has 0 aromatic heterocycles. The van der Waals surface area contributed by atoms with Crippen LogP contribution >= 0.6 is 11.6 Å². The number of methoxy groups -OCH3 is 1. The lowest BCUT2D eigenvalue weighted by atomic mass is 9.92. The van der Waals surface area contributed by atoms with Gasteiger partial charge < -0.3 is 10.1 Å². The molecule has 0 radical (unpaired) electrons. The van der Waals surface area contributed by atoms with Crippen LogP contribution in [0.5, 0.6) is 5.75 Å². The summed E-state index contributed by atoms with van der Waals surface area (Å²) in [6.07, 6.45) is 2.00. The van der Waals surface area contributed by atoms with Gasteiger partial charge in [0, 0.05) is 5.02 Å². The molecule has 0 saturated carbocycles. The topological polar surface area (TPSA) is 21.3 Å². The molecule has 2 aromatic carbocycles. The van der Waals surface area contributed by atoms with E-state index in [1.54, 1.807) is 7.11 Å². The summed E-state index contributed by atoms with van der Waals surface area (Å²) in [7, 11) is 3.68. The smallest absolute Gasteiger partial charge is 0.118 e. The molecule has 1 atom stereocenters. The zero-order valence-electron chi connectivity index (χ0n) is 12.6. The highest BCUT2D eigenvalue weighted by Crippen LogP contribution is 2.22. The van der Waals surface area contributed by atoms with Crippen LogP contribution in [0.1, 0.15) is 11.1 Å². The fraction of sp³-hybridized carbons (Fsp3) is 0.333. The van der Waals surface area contributed by atoms with Crippen molar-refractivity contribution in [3.8, 4) is 5.75 Å². The monoisotopic (exact) mass is 303 g/mol. The van der Waals surface area contributed by atoms with E-state index >= 15 is 0 Å². The number of nitrogens with one attached hydrogen (secondary N) is 1. The molecule has 1 unspecified atom stereocenters. The Bertz CT molecular complexity index is 553. The first kappa shape index (κ1) is 15.9. The lowest BCUT2D eigenvalue weighted by Gasteiger charge is -2.17. The standard InChI is InChI=1S/C18H22ClNO/c1-20-13-15(12-16-5-3-4-6-18(16)19)11-14-7-9-17(21-2)10-8-14/h3-10,15,20H,11-13H2,1-2H3. The highest BCUT2D eigenvalue weighted by molar-refractivity contribution is 6.31. The Morgan fingerprint density at radius 3 is 2.38 bits per heavy atom. The highest BCUT2D eigenvalue weighted by atomic mass is 35.5. The molecule has 0 aliphatic rings. The third-order valence-corrected chi connectivity index (χ3v) is 4.01. The van der Waals surface area contributed by atoms with Gasteiger partial charge in [-0.05, 0) is 61.7 Å². The fourth-order valence-electron chi connectivity index (χ4n) is 2.58. The third-order valence-electron chi connectivity index (χ3n) is 3.64. The van der Waals surface area contributed by atoms with E-state index in [1.165, 1.54) is 11.1 Å². The van der Waals surface area contributed by atoms with Crippen LogP contribution in [0, 0.1) is 5.92 Å². The Morgan fingerprint density at radius 1 is 1.05 bits per heavy atom. The molecule has 0 amide bonds. The van der Waals surface area contributed by atoms with Crippen molar-refractivity contribution in [2.75, 3.05) is 20.7 Å². The minimum atomic E-state index is 0.517. The highest BCUT2D eigenvalue weighted by Gasteiger charge is 2.12. The van der Waals surface area contributed by atoms with Gasteiger partial charge in [0.15, 0.2) is 0 Å². The fourth-order valence-corrected chi connectivity index (χ4v) is 2.79. The molecule has 2 rings (SSSR count). The molecular formula is C18H22ClNO. The molecule has 0 aliphatic heterocycles. The van der Waals surface area contributed by atoms with Gasteiger partial charge >= 0.3 is 0 Å². The third kappa shape index (κ3) is 4.76. The maximum Gasteiger partial charge on any atom is 0.118 e. The average Bonchev–Trinajstić information content (AvgIpc) is 2.50. The van der Waals surface area contributed by atoms with Crippen LogP contribution in [0.15, 0.2) is 48.5 Å². The first-order valence-corrected chi connectivity index (χ1v) is 7.61. The first-order valence-electron chi connectivity index (χ1n) is 7.24. The molecule has 1 N–H and O–H groups in total. The summed E-state index contributed by atoms with van der Waals surface area (Å²) in [6.45, 7) is 0.969. The van der Waals surface area contributed by atoms with Crippen molar-refractivity contribution in [1.29, 1.82) is 0 Å². The zero-order chi connectivity index (χ0) is 15.1. The number of rotatable bonds is 7. The van der Waals surface area contributed by atoms with Crippen LogP contribution in [0.4, 0.5) is 0 Å². The number of halogens is 1. The molecule has 2 nitrogen and oxygen atoms in total. The van der Waals surface area contributed by atoms with Crippen LogP contribution in [0.2, 0.25) is 5.02 Å². The minimum absolute atomic E-state index is 0.517. The summed E-state index contributed by atoms with van der Waals surface area (Å²) < 4.78 is 5.20. The van der Waals surface area contributed by atoms with Crippen molar-refractivity contribution in [2.45, 2.75) is 12.8 Å². The largest absolute Gasteiger partial charge is 0.497 e. The van der Waals surface area contributed by atoms with Gasteiger partial charge in [0.1, 0.15) is 5.75 Å².